The van der Waals surface area contributed by atoms with Gasteiger partial charge in [-0.25, -0.2) is 8.42 Å². The van der Waals surface area contributed by atoms with Crippen molar-refractivity contribution in [1.82, 2.24) is 0 Å². The van der Waals surface area contributed by atoms with E-state index in [4.69, 9.17) is 5.73 Å². The lowest BCUT2D eigenvalue weighted by Crippen LogP contribution is -2.14. The van der Waals surface area contributed by atoms with E-state index in [9.17, 15) is 18.0 Å². The second kappa shape index (κ2) is 5.90. The number of nitrogens with two attached hydrogens (primary N) is 1. The minimum atomic E-state index is -3.86. The van der Waals surface area contributed by atoms with Crippen molar-refractivity contribution in [3.63, 3.8) is 0 Å². The summed E-state index contributed by atoms with van der Waals surface area (Å²) in [7, 11) is -3.86. The molecular formula is C14H14N2O4S2. The first-order valence-electron chi connectivity index (χ1n) is 6.25. The van der Waals surface area contributed by atoms with Crippen LogP contribution in [-0.2, 0) is 10.0 Å². The number of carbonyl (C=O) groups is 2. The Balaban J connectivity index is 2.38. The fourth-order valence-electron chi connectivity index (χ4n) is 1.87. The summed E-state index contributed by atoms with van der Waals surface area (Å²) in [4.78, 5) is 23.1. The third kappa shape index (κ3) is 3.34. The molecule has 2 rings (SSSR count). The van der Waals surface area contributed by atoms with Crippen LogP contribution in [0.4, 0.5) is 5.69 Å². The third-order valence-corrected chi connectivity index (χ3v) is 5.63. The van der Waals surface area contributed by atoms with Crippen LogP contribution in [0.5, 0.6) is 0 Å². The lowest BCUT2D eigenvalue weighted by Gasteiger charge is -2.08. The zero-order valence-electron chi connectivity index (χ0n) is 11.9. The van der Waals surface area contributed by atoms with Crippen LogP contribution in [0.1, 0.15) is 31.8 Å². The van der Waals surface area contributed by atoms with Gasteiger partial charge in [-0.15, -0.1) is 11.3 Å². The Kier molecular flexibility index (Phi) is 4.34. The van der Waals surface area contributed by atoms with E-state index in [0.29, 0.717) is 10.4 Å². The highest BCUT2D eigenvalue weighted by molar-refractivity contribution is 7.93. The zero-order valence-corrected chi connectivity index (χ0v) is 13.5. The van der Waals surface area contributed by atoms with Crippen molar-refractivity contribution in [3.05, 3.63) is 45.6 Å². The van der Waals surface area contributed by atoms with E-state index in [0.717, 1.165) is 11.3 Å². The molecule has 8 heteroatoms. The fourth-order valence-corrected chi connectivity index (χ4v) is 4.36. The van der Waals surface area contributed by atoms with Gasteiger partial charge >= 0.3 is 0 Å². The van der Waals surface area contributed by atoms with E-state index in [2.05, 4.69) is 4.72 Å². The van der Waals surface area contributed by atoms with Crippen LogP contribution in [0.25, 0.3) is 0 Å². The van der Waals surface area contributed by atoms with Crippen LogP contribution in [-0.4, -0.2) is 20.1 Å². The Morgan fingerprint density at radius 3 is 2.45 bits per heavy atom. The van der Waals surface area contributed by atoms with Crippen molar-refractivity contribution in [2.45, 2.75) is 18.7 Å². The number of Topliss-reactive ketones (excluding diaryl/α,β-unsaturated/α-hetero) is 1. The molecule has 1 heterocycles. The Morgan fingerprint density at radius 1 is 1.23 bits per heavy atom. The molecule has 1 aromatic carbocycles. The number of sulfonamides is 1. The lowest BCUT2D eigenvalue weighted by molar-refractivity contribution is 0.0999. The highest BCUT2D eigenvalue weighted by Gasteiger charge is 2.21. The molecule has 0 aliphatic rings. The first-order chi connectivity index (χ1) is 10.2. The van der Waals surface area contributed by atoms with Gasteiger partial charge in [-0.05, 0) is 32.0 Å². The molecule has 0 atom stereocenters. The average molecular weight is 338 g/mol. The van der Waals surface area contributed by atoms with E-state index < -0.39 is 15.9 Å². The molecule has 1 aromatic heterocycles. The van der Waals surface area contributed by atoms with Crippen LogP contribution in [0, 0.1) is 6.92 Å². The minimum Gasteiger partial charge on any atom is -0.365 e. The minimum absolute atomic E-state index is 0.000437. The van der Waals surface area contributed by atoms with Crippen molar-refractivity contribution in [1.29, 1.82) is 0 Å². The Hall–Kier alpha value is -2.19. The van der Waals surface area contributed by atoms with Crippen LogP contribution in [0.2, 0.25) is 0 Å². The quantitative estimate of drug-likeness (QED) is 0.815. The molecule has 116 valence electrons. The van der Waals surface area contributed by atoms with Gasteiger partial charge in [-0.2, -0.15) is 0 Å². The Bertz CT molecular complexity index is 853. The number of hydrogen-bond acceptors (Lipinski definition) is 5. The molecule has 0 unspecified atom stereocenters. The highest BCUT2D eigenvalue weighted by atomic mass is 32.2. The molecule has 0 bridgehead atoms. The molecule has 2 aromatic rings. The number of rotatable bonds is 5. The first kappa shape index (κ1) is 16.2. The summed E-state index contributed by atoms with van der Waals surface area (Å²) >= 11 is 1.02. The largest absolute Gasteiger partial charge is 0.365 e. The van der Waals surface area contributed by atoms with Crippen LogP contribution < -0.4 is 10.5 Å². The maximum Gasteiger partial charge on any atom is 0.263 e. The molecule has 1 amide bonds. The number of nitrogens with one attached hydrogen (secondary N) is 1. The molecule has 0 aliphatic heterocycles. The molecule has 22 heavy (non-hydrogen) atoms. The number of aryl methyl sites for hydroxylation is 1. The summed E-state index contributed by atoms with van der Waals surface area (Å²) in [6.45, 7) is 2.99. The monoisotopic (exact) mass is 338 g/mol. The highest BCUT2D eigenvalue weighted by Crippen LogP contribution is 2.27. The summed E-state index contributed by atoms with van der Waals surface area (Å²) in [6, 6.07) is 7.43. The van der Waals surface area contributed by atoms with Crippen molar-refractivity contribution in [3.8, 4) is 0 Å². The molecule has 0 saturated carbocycles. The van der Waals surface area contributed by atoms with Gasteiger partial charge in [0.15, 0.2) is 5.78 Å². The molecule has 6 nitrogen and oxygen atoms in total. The number of amides is 1. The topological polar surface area (TPSA) is 106 Å². The number of thiophene rings is 1. The van der Waals surface area contributed by atoms with E-state index in [1.54, 1.807) is 25.1 Å². The summed E-state index contributed by atoms with van der Waals surface area (Å²) in [5, 5.41) is 0. The van der Waals surface area contributed by atoms with Gasteiger partial charge in [0.05, 0.1) is 4.88 Å². The first-order valence-corrected chi connectivity index (χ1v) is 8.55. The summed E-state index contributed by atoms with van der Waals surface area (Å²) in [6.07, 6.45) is 0. The number of carbonyl (C=O) groups excluding carboxylic acids is 2. The van der Waals surface area contributed by atoms with Gasteiger partial charge in [0.2, 0.25) is 0 Å². The number of anilines is 1. The molecule has 0 fully saturated rings. The summed E-state index contributed by atoms with van der Waals surface area (Å²) < 4.78 is 27.2. The van der Waals surface area contributed by atoms with Gasteiger partial charge in [-0.1, -0.05) is 12.1 Å². The summed E-state index contributed by atoms with van der Waals surface area (Å²) in [5.41, 5.74) is 5.84. The van der Waals surface area contributed by atoms with Gasteiger partial charge in [0.1, 0.15) is 4.90 Å². The van der Waals surface area contributed by atoms with E-state index in [1.807, 2.05) is 0 Å². The second-order valence-corrected chi connectivity index (χ2v) is 7.54. The van der Waals surface area contributed by atoms with Crippen molar-refractivity contribution in [2.24, 2.45) is 5.73 Å². The van der Waals surface area contributed by atoms with E-state index >= 15 is 0 Å². The predicted molar refractivity (Wildman–Crippen MR) is 84.8 cm³/mol. The van der Waals surface area contributed by atoms with Crippen molar-refractivity contribution < 1.29 is 18.0 Å². The molecule has 3 N–H and O–H groups in total. The zero-order chi connectivity index (χ0) is 16.5. The van der Waals surface area contributed by atoms with Crippen molar-refractivity contribution in [2.75, 3.05) is 4.72 Å². The number of hydrogen-bond donors (Lipinski definition) is 2. The molecule has 0 saturated heterocycles. The maximum atomic E-state index is 12.4. The number of benzene rings is 1. The van der Waals surface area contributed by atoms with E-state index in [1.165, 1.54) is 19.1 Å². The van der Waals surface area contributed by atoms with Crippen LogP contribution >= 0.6 is 11.3 Å². The molecular weight excluding hydrogens is 324 g/mol. The maximum absolute atomic E-state index is 12.4. The molecule has 0 aliphatic carbocycles. The van der Waals surface area contributed by atoms with Crippen molar-refractivity contribution >= 4 is 38.7 Å². The van der Waals surface area contributed by atoms with E-state index in [-0.39, 0.29) is 21.2 Å². The molecule has 0 spiro atoms. The normalized spacial score (nSPS) is 11.2. The fraction of sp³-hybridized carbons (Fsp3) is 0.143. The Morgan fingerprint density at radius 2 is 1.91 bits per heavy atom. The number of ketones is 1. The van der Waals surface area contributed by atoms with Crippen LogP contribution in [0.3, 0.4) is 0 Å². The smallest absolute Gasteiger partial charge is 0.263 e. The standard InChI is InChI=1S/C14H14N2O4S2/c1-8(17)10-4-3-5-11(6-10)16-22(19,20)13-7-12(14(15)18)21-9(13)2/h3-7,16H,1-2H3,(H2,15,18). The Labute approximate surface area is 132 Å². The predicted octanol–water partition coefficient (Wildman–Crippen LogP) is 2.16. The van der Waals surface area contributed by atoms with Gasteiger partial charge in [-0.3, -0.25) is 14.3 Å². The second-order valence-electron chi connectivity index (χ2n) is 4.64. The number of primary amides is 1. The third-order valence-electron chi connectivity index (χ3n) is 2.93. The average Bonchev–Trinajstić information content (AvgIpc) is 2.81. The van der Waals surface area contributed by atoms with Gasteiger partial charge in [0, 0.05) is 16.1 Å². The summed E-state index contributed by atoms with van der Waals surface area (Å²) in [5.74, 6) is -0.836. The van der Waals surface area contributed by atoms with Crippen LogP contribution in [0.15, 0.2) is 35.2 Å². The SMILES string of the molecule is CC(=O)c1cccc(NS(=O)(=O)c2cc(C(N)=O)sc2C)c1. The van der Waals surface area contributed by atoms with Gasteiger partial charge < -0.3 is 5.73 Å². The lowest BCUT2D eigenvalue weighted by atomic mass is 10.1. The molecule has 0 radical (unpaired) electrons. The van der Waals surface area contributed by atoms with Gasteiger partial charge in [0.25, 0.3) is 15.9 Å².